The van der Waals surface area contributed by atoms with Crippen molar-refractivity contribution in [2.24, 2.45) is 0 Å². The van der Waals surface area contributed by atoms with Crippen molar-refractivity contribution in [1.82, 2.24) is 0 Å². The van der Waals surface area contributed by atoms with Crippen molar-refractivity contribution in [2.75, 3.05) is 4.90 Å². The van der Waals surface area contributed by atoms with Crippen LogP contribution in [0.4, 0.5) is 18.9 Å². The molecule has 2 aliphatic rings. The number of anilines is 1. The average Bonchev–Trinajstić information content (AvgIpc) is 2.53. The number of nitrogens with zero attached hydrogens (tertiary/aromatic N) is 1. The van der Waals surface area contributed by atoms with Gasteiger partial charge in [-0.3, -0.25) is 4.79 Å². The molecule has 1 heterocycles. The molecule has 0 saturated heterocycles. The molecule has 0 spiro atoms. The summed E-state index contributed by atoms with van der Waals surface area (Å²) < 4.78 is 42.9. The van der Waals surface area contributed by atoms with E-state index in [4.69, 9.17) is 0 Å². The third-order valence-electron chi connectivity index (χ3n) is 5.34. The van der Waals surface area contributed by atoms with Gasteiger partial charge in [-0.25, -0.2) is 0 Å². The zero-order valence-electron chi connectivity index (χ0n) is 16.9. The van der Waals surface area contributed by atoms with E-state index < -0.39 is 6.36 Å². The molecule has 6 heteroatoms. The Hall–Kier alpha value is -2.24. The Balaban J connectivity index is 2.15. The third-order valence-corrected chi connectivity index (χ3v) is 5.34. The van der Waals surface area contributed by atoms with E-state index >= 15 is 0 Å². The first kappa shape index (κ1) is 20.5. The van der Waals surface area contributed by atoms with Crippen molar-refractivity contribution in [3.05, 3.63) is 46.7 Å². The molecule has 152 valence electrons. The lowest BCUT2D eigenvalue weighted by molar-refractivity contribution is -0.302. The average molecular weight is 393 g/mol. The maximum Gasteiger partial charge on any atom is 0.573 e. The van der Waals surface area contributed by atoms with Crippen LogP contribution in [-0.4, -0.2) is 18.3 Å². The summed E-state index contributed by atoms with van der Waals surface area (Å²) in [6, 6.07) is 3.82. The normalized spacial score (nSPS) is 19.3. The SMILES string of the molecule is Cc1cc2c(cc1C1=CCCC=C1OC(F)(F)F)N(C(C)C)C(=O)CC2(C)C. The first-order valence-electron chi connectivity index (χ1n) is 9.55. The van der Waals surface area contributed by atoms with Crippen LogP contribution in [0.2, 0.25) is 0 Å². The van der Waals surface area contributed by atoms with Gasteiger partial charge in [0.25, 0.3) is 0 Å². The Labute approximate surface area is 163 Å². The van der Waals surface area contributed by atoms with Gasteiger partial charge in [0.2, 0.25) is 5.91 Å². The molecule has 0 N–H and O–H groups in total. The van der Waals surface area contributed by atoms with Gasteiger partial charge in [-0.2, -0.15) is 0 Å². The van der Waals surface area contributed by atoms with Gasteiger partial charge in [-0.05, 0) is 62.4 Å². The van der Waals surface area contributed by atoms with Gasteiger partial charge < -0.3 is 9.64 Å². The predicted octanol–water partition coefficient (Wildman–Crippen LogP) is 6.02. The lowest BCUT2D eigenvalue weighted by atomic mass is 9.75. The number of amides is 1. The van der Waals surface area contributed by atoms with E-state index in [2.05, 4.69) is 4.74 Å². The number of ether oxygens (including phenoxy) is 1. The highest BCUT2D eigenvalue weighted by molar-refractivity contribution is 5.99. The van der Waals surface area contributed by atoms with E-state index in [1.165, 1.54) is 6.08 Å². The molecule has 1 amide bonds. The van der Waals surface area contributed by atoms with Crippen LogP contribution in [0.25, 0.3) is 5.57 Å². The largest absolute Gasteiger partial charge is 0.573 e. The molecule has 3 rings (SSSR count). The van der Waals surface area contributed by atoms with E-state index in [1.807, 2.05) is 46.8 Å². The van der Waals surface area contributed by atoms with Crippen LogP contribution in [-0.2, 0) is 14.9 Å². The second-order valence-electron chi connectivity index (χ2n) is 8.41. The van der Waals surface area contributed by atoms with Crippen LogP contribution in [0.5, 0.6) is 0 Å². The molecule has 1 aromatic carbocycles. The minimum atomic E-state index is -4.74. The Bertz CT molecular complexity index is 863. The summed E-state index contributed by atoms with van der Waals surface area (Å²) in [5, 5.41) is 0. The zero-order chi connectivity index (χ0) is 20.9. The fourth-order valence-corrected chi connectivity index (χ4v) is 4.10. The van der Waals surface area contributed by atoms with Crippen LogP contribution in [0.3, 0.4) is 0 Å². The summed E-state index contributed by atoms with van der Waals surface area (Å²) in [5.41, 5.74) is 3.46. The molecular weight excluding hydrogens is 367 g/mol. The van der Waals surface area contributed by atoms with E-state index in [0.29, 0.717) is 30.4 Å². The summed E-state index contributed by atoms with van der Waals surface area (Å²) in [6.07, 6.45) is 0.0774. The maximum absolute atomic E-state index is 12.9. The van der Waals surface area contributed by atoms with Crippen molar-refractivity contribution in [3.63, 3.8) is 0 Å². The summed E-state index contributed by atoms with van der Waals surface area (Å²) in [5.74, 6) is -0.137. The van der Waals surface area contributed by atoms with Crippen molar-refractivity contribution < 1.29 is 22.7 Å². The molecule has 0 bridgehead atoms. The molecule has 0 fully saturated rings. The third kappa shape index (κ3) is 3.82. The predicted molar refractivity (Wildman–Crippen MR) is 104 cm³/mol. The smallest absolute Gasteiger partial charge is 0.405 e. The van der Waals surface area contributed by atoms with Gasteiger partial charge in [0.05, 0.1) is 0 Å². The first-order valence-corrected chi connectivity index (χ1v) is 9.55. The van der Waals surface area contributed by atoms with Gasteiger partial charge in [-0.15, -0.1) is 13.2 Å². The van der Waals surface area contributed by atoms with Crippen molar-refractivity contribution in [3.8, 4) is 0 Å². The van der Waals surface area contributed by atoms with Crippen LogP contribution in [0.15, 0.2) is 30.0 Å². The number of alkyl halides is 3. The van der Waals surface area contributed by atoms with Crippen LogP contribution in [0.1, 0.15) is 63.6 Å². The molecule has 1 aliphatic carbocycles. The van der Waals surface area contributed by atoms with Crippen LogP contribution in [0, 0.1) is 6.92 Å². The minimum absolute atomic E-state index is 0.0298. The number of hydrogen-bond donors (Lipinski definition) is 0. The second-order valence-corrected chi connectivity index (χ2v) is 8.41. The molecule has 0 radical (unpaired) electrons. The van der Waals surface area contributed by atoms with E-state index in [1.54, 1.807) is 11.0 Å². The number of aryl methyl sites for hydroxylation is 1. The number of hydrogen-bond acceptors (Lipinski definition) is 2. The molecule has 1 aliphatic heterocycles. The number of carbonyl (C=O) groups excluding carboxylic acids is 1. The number of benzene rings is 1. The molecule has 3 nitrogen and oxygen atoms in total. The van der Waals surface area contributed by atoms with Gasteiger partial charge in [0.1, 0.15) is 5.76 Å². The summed E-state index contributed by atoms with van der Waals surface area (Å²) in [6.45, 7) is 9.83. The van der Waals surface area contributed by atoms with Crippen LogP contribution >= 0.6 is 0 Å². The monoisotopic (exact) mass is 393 g/mol. The number of carbonyl (C=O) groups is 1. The lowest BCUT2D eigenvalue weighted by Crippen LogP contribution is -2.45. The van der Waals surface area contributed by atoms with E-state index in [9.17, 15) is 18.0 Å². The molecule has 0 atom stereocenters. The first-order chi connectivity index (χ1) is 12.9. The number of halogens is 3. The van der Waals surface area contributed by atoms with Gasteiger partial charge in [0, 0.05) is 29.1 Å². The number of allylic oxidation sites excluding steroid dienone is 3. The number of rotatable bonds is 3. The van der Waals surface area contributed by atoms with Gasteiger partial charge in [0.15, 0.2) is 0 Å². The Morgan fingerprint density at radius 3 is 2.39 bits per heavy atom. The molecule has 0 aromatic heterocycles. The standard InChI is InChI=1S/C22H26F3NO2/c1-13(2)26-18-11-16(14(3)10-17(18)21(4,5)12-20(26)27)15-8-6-7-9-19(15)28-22(23,24)25/h8-11,13H,6-7,12H2,1-5H3. The molecule has 28 heavy (non-hydrogen) atoms. The Kier molecular flexibility index (Phi) is 5.11. The Morgan fingerprint density at radius 2 is 1.79 bits per heavy atom. The zero-order valence-corrected chi connectivity index (χ0v) is 16.9. The van der Waals surface area contributed by atoms with E-state index in [-0.39, 0.29) is 23.1 Å². The highest BCUT2D eigenvalue weighted by Gasteiger charge is 2.39. The summed E-state index contributed by atoms with van der Waals surface area (Å²) in [7, 11) is 0. The molecule has 0 unspecified atom stereocenters. The number of fused-ring (bicyclic) bond motifs is 1. The van der Waals surface area contributed by atoms with Gasteiger partial charge in [-0.1, -0.05) is 26.0 Å². The topological polar surface area (TPSA) is 29.5 Å². The fourth-order valence-electron chi connectivity index (χ4n) is 4.10. The van der Waals surface area contributed by atoms with Crippen molar-refractivity contribution in [2.45, 2.75) is 71.7 Å². The van der Waals surface area contributed by atoms with Crippen LogP contribution < -0.4 is 4.90 Å². The fraction of sp³-hybridized carbons (Fsp3) is 0.500. The molecule has 1 aromatic rings. The van der Waals surface area contributed by atoms with Gasteiger partial charge >= 0.3 is 6.36 Å². The van der Waals surface area contributed by atoms with Crippen molar-refractivity contribution in [1.29, 1.82) is 0 Å². The highest BCUT2D eigenvalue weighted by Crippen LogP contribution is 2.45. The molecule has 0 saturated carbocycles. The maximum atomic E-state index is 12.9. The quantitative estimate of drug-likeness (QED) is 0.629. The van der Waals surface area contributed by atoms with Crippen molar-refractivity contribution >= 4 is 17.2 Å². The highest BCUT2D eigenvalue weighted by atomic mass is 19.4. The summed E-state index contributed by atoms with van der Waals surface area (Å²) in [4.78, 5) is 14.5. The Morgan fingerprint density at radius 1 is 1.14 bits per heavy atom. The van der Waals surface area contributed by atoms with E-state index in [0.717, 1.165) is 16.8 Å². The second kappa shape index (κ2) is 6.98. The summed E-state index contributed by atoms with van der Waals surface area (Å²) >= 11 is 0. The minimum Gasteiger partial charge on any atom is -0.405 e. The molecular formula is C22H26F3NO2. The lowest BCUT2D eigenvalue weighted by Gasteiger charge is -2.41.